The SMILES string of the molecule is Cc1cc(Br)ccc1-n1nccn1. The normalized spacial score (nSPS) is 10.3. The van der Waals surface area contributed by atoms with Crippen molar-refractivity contribution in [2.75, 3.05) is 0 Å². The largest absolute Gasteiger partial charge is 0.157 e. The van der Waals surface area contributed by atoms with Gasteiger partial charge in [-0.05, 0) is 30.7 Å². The number of benzene rings is 1. The summed E-state index contributed by atoms with van der Waals surface area (Å²) in [6, 6.07) is 6.00. The van der Waals surface area contributed by atoms with Gasteiger partial charge in [-0.2, -0.15) is 15.0 Å². The highest BCUT2D eigenvalue weighted by Crippen LogP contribution is 2.17. The molecule has 2 aromatic rings. The Kier molecular flexibility index (Phi) is 2.14. The van der Waals surface area contributed by atoms with Crippen LogP contribution in [0, 0.1) is 6.92 Å². The van der Waals surface area contributed by atoms with Crippen molar-refractivity contribution in [3.63, 3.8) is 0 Å². The van der Waals surface area contributed by atoms with Gasteiger partial charge in [-0.1, -0.05) is 15.9 Å². The number of nitrogens with zero attached hydrogens (tertiary/aromatic N) is 3. The smallest absolute Gasteiger partial charge is 0.0886 e. The molecule has 3 nitrogen and oxygen atoms in total. The second-order valence-electron chi connectivity index (χ2n) is 2.75. The van der Waals surface area contributed by atoms with Crippen molar-refractivity contribution in [2.24, 2.45) is 0 Å². The second kappa shape index (κ2) is 3.30. The van der Waals surface area contributed by atoms with Crippen molar-refractivity contribution in [2.45, 2.75) is 6.92 Å². The van der Waals surface area contributed by atoms with E-state index in [4.69, 9.17) is 0 Å². The Balaban J connectivity index is 2.53. The van der Waals surface area contributed by atoms with Crippen LogP contribution in [0.3, 0.4) is 0 Å². The van der Waals surface area contributed by atoms with E-state index in [-0.39, 0.29) is 0 Å². The first-order valence-corrected chi connectivity index (χ1v) is 4.69. The van der Waals surface area contributed by atoms with Crippen LogP contribution in [0.25, 0.3) is 5.69 Å². The molecular formula is C9H8BrN3. The van der Waals surface area contributed by atoms with Crippen molar-refractivity contribution in [1.82, 2.24) is 15.0 Å². The number of hydrogen-bond donors (Lipinski definition) is 0. The minimum absolute atomic E-state index is 1.01. The van der Waals surface area contributed by atoms with Crippen LogP contribution in [0.2, 0.25) is 0 Å². The first-order chi connectivity index (χ1) is 6.27. The molecule has 2 rings (SSSR count). The van der Waals surface area contributed by atoms with E-state index in [9.17, 15) is 0 Å². The first-order valence-electron chi connectivity index (χ1n) is 3.90. The molecule has 1 aromatic carbocycles. The molecule has 0 aliphatic carbocycles. The summed E-state index contributed by atoms with van der Waals surface area (Å²) in [4.78, 5) is 1.61. The van der Waals surface area contributed by atoms with Gasteiger partial charge < -0.3 is 0 Å². The molecule has 0 unspecified atom stereocenters. The molecule has 4 heteroatoms. The fraction of sp³-hybridized carbons (Fsp3) is 0.111. The van der Waals surface area contributed by atoms with Crippen molar-refractivity contribution in [1.29, 1.82) is 0 Å². The van der Waals surface area contributed by atoms with Crippen molar-refractivity contribution in [3.8, 4) is 5.69 Å². The Morgan fingerprint density at radius 2 is 1.92 bits per heavy atom. The van der Waals surface area contributed by atoms with E-state index in [1.54, 1.807) is 17.2 Å². The van der Waals surface area contributed by atoms with E-state index in [2.05, 4.69) is 26.1 Å². The van der Waals surface area contributed by atoms with Crippen molar-refractivity contribution in [3.05, 3.63) is 40.6 Å². The van der Waals surface area contributed by atoms with Gasteiger partial charge in [-0.25, -0.2) is 0 Å². The van der Waals surface area contributed by atoms with E-state index in [0.717, 1.165) is 15.7 Å². The molecule has 0 N–H and O–H groups in total. The lowest BCUT2D eigenvalue weighted by atomic mass is 10.2. The highest BCUT2D eigenvalue weighted by Gasteiger charge is 2.01. The van der Waals surface area contributed by atoms with Crippen LogP contribution in [0.4, 0.5) is 0 Å². The molecule has 13 heavy (non-hydrogen) atoms. The average molecular weight is 238 g/mol. The molecule has 66 valence electrons. The van der Waals surface area contributed by atoms with Gasteiger partial charge in [-0.3, -0.25) is 0 Å². The van der Waals surface area contributed by atoms with Crippen LogP contribution in [0.1, 0.15) is 5.56 Å². The van der Waals surface area contributed by atoms with Gasteiger partial charge in [0.1, 0.15) is 0 Å². The quantitative estimate of drug-likeness (QED) is 0.763. The van der Waals surface area contributed by atoms with Gasteiger partial charge in [0.05, 0.1) is 18.1 Å². The second-order valence-corrected chi connectivity index (χ2v) is 3.67. The Labute approximate surface area is 84.5 Å². The molecule has 0 atom stereocenters. The summed E-state index contributed by atoms with van der Waals surface area (Å²) < 4.78 is 1.07. The lowest BCUT2D eigenvalue weighted by Crippen LogP contribution is -2.00. The molecule has 0 fully saturated rings. The summed E-state index contributed by atoms with van der Waals surface area (Å²) in [6.07, 6.45) is 3.34. The Morgan fingerprint density at radius 1 is 1.23 bits per heavy atom. The monoisotopic (exact) mass is 237 g/mol. The van der Waals surface area contributed by atoms with Gasteiger partial charge >= 0.3 is 0 Å². The third-order valence-corrected chi connectivity index (χ3v) is 2.29. The number of halogens is 1. The Hall–Kier alpha value is -1.16. The predicted molar refractivity (Wildman–Crippen MR) is 53.8 cm³/mol. The molecule has 0 bridgehead atoms. The molecule has 1 heterocycles. The standard InChI is InChI=1S/C9H8BrN3/c1-7-6-8(10)2-3-9(7)13-11-4-5-12-13/h2-6H,1H3. The molecule has 0 saturated carbocycles. The van der Waals surface area contributed by atoms with E-state index in [1.165, 1.54) is 0 Å². The highest BCUT2D eigenvalue weighted by atomic mass is 79.9. The molecule has 0 amide bonds. The zero-order valence-corrected chi connectivity index (χ0v) is 8.69. The van der Waals surface area contributed by atoms with Crippen LogP contribution < -0.4 is 0 Å². The highest BCUT2D eigenvalue weighted by molar-refractivity contribution is 9.10. The Bertz CT molecular complexity index is 409. The number of hydrogen-bond acceptors (Lipinski definition) is 2. The zero-order valence-electron chi connectivity index (χ0n) is 7.11. The van der Waals surface area contributed by atoms with Crippen LogP contribution in [-0.2, 0) is 0 Å². The molecule has 1 aromatic heterocycles. The zero-order chi connectivity index (χ0) is 9.26. The summed E-state index contributed by atoms with van der Waals surface area (Å²) in [7, 11) is 0. The van der Waals surface area contributed by atoms with Crippen LogP contribution >= 0.6 is 15.9 Å². The van der Waals surface area contributed by atoms with E-state index < -0.39 is 0 Å². The third kappa shape index (κ3) is 1.62. The van der Waals surface area contributed by atoms with Gasteiger partial charge in [0, 0.05) is 4.47 Å². The third-order valence-electron chi connectivity index (χ3n) is 1.79. The van der Waals surface area contributed by atoms with E-state index >= 15 is 0 Å². The maximum atomic E-state index is 4.07. The summed E-state index contributed by atoms with van der Waals surface area (Å²) in [5.41, 5.74) is 2.15. The molecule has 0 spiro atoms. The van der Waals surface area contributed by atoms with Gasteiger partial charge in [0.25, 0.3) is 0 Å². The lowest BCUT2D eigenvalue weighted by Gasteiger charge is -2.03. The molecule has 0 radical (unpaired) electrons. The van der Waals surface area contributed by atoms with Crippen LogP contribution in [0.5, 0.6) is 0 Å². The van der Waals surface area contributed by atoms with Crippen molar-refractivity contribution >= 4 is 15.9 Å². The molecule has 0 saturated heterocycles. The first kappa shape index (κ1) is 8.44. The Morgan fingerprint density at radius 3 is 2.54 bits per heavy atom. The predicted octanol–water partition coefficient (Wildman–Crippen LogP) is 2.34. The maximum absolute atomic E-state index is 4.07. The average Bonchev–Trinajstić information content (AvgIpc) is 2.56. The summed E-state index contributed by atoms with van der Waals surface area (Å²) in [6.45, 7) is 2.03. The maximum Gasteiger partial charge on any atom is 0.0886 e. The minimum Gasteiger partial charge on any atom is -0.157 e. The van der Waals surface area contributed by atoms with Gasteiger partial charge in [0.15, 0.2) is 0 Å². The topological polar surface area (TPSA) is 30.7 Å². The lowest BCUT2D eigenvalue weighted by molar-refractivity contribution is 0.747. The molecule has 0 aliphatic rings. The van der Waals surface area contributed by atoms with E-state index in [0.29, 0.717) is 0 Å². The summed E-state index contributed by atoms with van der Waals surface area (Å²) in [5.74, 6) is 0. The fourth-order valence-electron chi connectivity index (χ4n) is 1.18. The van der Waals surface area contributed by atoms with Crippen LogP contribution in [0.15, 0.2) is 35.1 Å². The fourth-order valence-corrected chi connectivity index (χ4v) is 1.66. The van der Waals surface area contributed by atoms with Crippen LogP contribution in [-0.4, -0.2) is 15.0 Å². The van der Waals surface area contributed by atoms with E-state index in [1.807, 2.05) is 25.1 Å². The van der Waals surface area contributed by atoms with Crippen molar-refractivity contribution < 1.29 is 0 Å². The minimum atomic E-state index is 1.01. The number of rotatable bonds is 1. The number of aryl methyl sites for hydroxylation is 1. The van der Waals surface area contributed by atoms with Gasteiger partial charge in [-0.15, -0.1) is 0 Å². The molecular weight excluding hydrogens is 230 g/mol. The summed E-state index contributed by atoms with van der Waals surface area (Å²) in [5, 5.41) is 8.13. The summed E-state index contributed by atoms with van der Waals surface area (Å²) >= 11 is 3.41. The number of aromatic nitrogens is 3. The molecule has 0 aliphatic heterocycles. The van der Waals surface area contributed by atoms with Gasteiger partial charge in [0.2, 0.25) is 0 Å².